The van der Waals surface area contributed by atoms with Gasteiger partial charge in [-0.2, -0.15) is 0 Å². The molecule has 176 valence electrons. The van der Waals surface area contributed by atoms with Crippen LogP contribution in [0.25, 0.3) is 0 Å². The number of nitrogens with one attached hydrogen (secondary N) is 1. The summed E-state index contributed by atoms with van der Waals surface area (Å²) >= 11 is 0. The highest BCUT2D eigenvalue weighted by Gasteiger charge is 2.41. The third kappa shape index (κ3) is 4.45. The molecule has 3 N–H and O–H groups in total. The fraction of sp³-hybridized carbons (Fsp3) is 0.364. The molecule has 3 rings (SSSR count). The second kappa shape index (κ2) is 9.43. The van der Waals surface area contributed by atoms with Gasteiger partial charge in [0, 0.05) is 26.1 Å². The van der Waals surface area contributed by atoms with Crippen molar-refractivity contribution in [3.8, 4) is 5.75 Å². The number of anilines is 1. The summed E-state index contributed by atoms with van der Waals surface area (Å²) in [6.45, 7) is 3.28. The second-order valence-electron chi connectivity index (χ2n) is 7.66. The van der Waals surface area contributed by atoms with Gasteiger partial charge < -0.3 is 34.5 Å². The van der Waals surface area contributed by atoms with Crippen LogP contribution >= 0.6 is 0 Å². The molecule has 0 aliphatic carbocycles. The summed E-state index contributed by atoms with van der Waals surface area (Å²) in [6, 6.07) is 4.40. The van der Waals surface area contributed by atoms with Crippen molar-refractivity contribution < 1.29 is 34.1 Å². The average molecular weight is 459 g/mol. The van der Waals surface area contributed by atoms with Crippen LogP contribution in [0.15, 0.2) is 29.2 Å². The van der Waals surface area contributed by atoms with Crippen molar-refractivity contribution in [2.24, 2.45) is 0 Å². The molecule has 0 spiro atoms. The van der Waals surface area contributed by atoms with Crippen molar-refractivity contribution in [3.05, 3.63) is 57.0 Å². The Morgan fingerprint density at radius 1 is 1.18 bits per heavy atom. The second-order valence-corrected chi connectivity index (χ2v) is 7.66. The summed E-state index contributed by atoms with van der Waals surface area (Å²) < 4.78 is 11.5. The smallest absolute Gasteiger partial charge is 0.341 e. The Labute approximate surface area is 189 Å². The van der Waals surface area contributed by atoms with E-state index in [4.69, 9.17) is 9.47 Å². The van der Waals surface area contributed by atoms with E-state index in [0.29, 0.717) is 5.69 Å². The number of rotatable bonds is 7. The van der Waals surface area contributed by atoms with E-state index in [1.54, 1.807) is 0 Å². The first-order chi connectivity index (χ1) is 15.6. The number of hydrogen-bond donors (Lipinski definition) is 3. The average Bonchev–Trinajstić information content (AvgIpc) is 2.77. The maximum absolute atomic E-state index is 13.3. The number of methoxy groups -OCH3 is 2. The van der Waals surface area contributed by atoms with Crippen molar-refractivity contribution in [3.63, 3.8) is 0 Å². The topological polar surface area (TPSA) is 147 Å². The minimum absolute atomic E-state index is 0.176. The van der Waals surface area contributed by atoms with Crippen molar-refractivity contribution in [2.45, 2.75) is 32.7 Å². The molecule has 0 bridgehead atoms. The standard InChI is InChI=1S/C22H25N3O8/c1-11-6-5-7-12(2)16(11)23-20(28)14-9-24-8-13(22(30)31)18(26)19(27)17(24)21(29)25(14)10-15(32-3)33-4/h5-8,14-15,27H,9-10H2,1-4H3,(H,23,28)(H,30,31). The molecular weight excluding hydrogens is 434 g/mol. The number of carbonyl (C=O) groups excluding carboxylic acids is 2. The third-order valence-electron chi connectivity index (χ3n) is 5.60. The Kier molecular flexibility index (Phi) is 6.84. The Morgan fingerprint density at radius 3 is 2.33 bits per heavy atom. The van der Waals surface area contributed by atoms with Crippen molar-refractivity contribution >= 4 is 23.5 Å². The molecule has 0 saturated carbocycles. The van der Waals surface area contributed by atoms with E-state index in [0.717, 1.165) is 26.8 Å². The molecule has 11 heteroatoms. The lowest BCUT2D eigenvalue weighted by Gasteiger charge is -2.38. The fourth-order valence-corrected chi connectivity index (χ4v) is 3.79. The maximum atomic E-state index is 13.3. The van der Waals surface area contributed by atoms with E-state index in [1.807, 2.05) is 32.0 Å². The Hall–Kier alpha value is -3.70. The quantitative estimate of drug-likeness (QED) is 0.519. The van der Waals surface area contributed by atoms with E-state index in [-0.39, 0.29) is 13.1 Å². The predicted octanol–water partition coefficient (Wildman–Crippen LogP) is 0.951. The first-order valence-corrected chi connectivity index (χ1v) is 10.0. The number of aromatic carboxylic acids is 1. The lowest BCUT2D eigenvalue weighted by atomic mass is 10.1. The lowest BCUT2D eigenvalue weighted by Crippen LogP contribution is -2.56. The molecule has 1 atom stereocenters. The molecular formula is C22H25N3O8. The first-order valence-electron chi connectivity index (χ1n) is 10.0. The zero-order valence-corrected chi connectivity index (χ0v) is 18.6. The molecule has 0 fully saturated rings. The van der Waals surface area contributed by atoms with Crippen molar-refractivity contribution in [1.29, 1.82) is 0 Å². The number of aryl methyl sites for hydroxylation is 2. The van der Waals surface area contributed by atoms with Crippen LogP contribution < -0.4 is 10.7 Å². The number of para-hydroxylation sites is 1. The summed E-state index contributed by atoms with van der Waals surface area (Å²) in [7, 11) is 2.73. The highest BCUT2D eigenvalue weighted by molar-refractivity contribution is 6.03. The molecule has 11 nitrogen and oxygen atoms in total. The SMILES string of the molecule is COC(CN1C(=O)c2c(O)c(=O)c(C(=O)O)cn2CC1C(=O)Nc1c(C)cccc1C)OC. The highest BCUT2D eigenvalue weighted by atomic mass is 16.7. The number of carboxylic acids is 1. The summed E-state index contributed by atoms with van der Waals surface area (Å²) in [5.74, 6) is -3.93. The number of nitrogens with zero attached hydrogens (tertiary/aromatic N) is 2. The van der Waals surface area contributed by atoms with Gasteiger partial charge in [0.15, 0.2) is 17.7 Å². The third-order valence-corrected chi connectivity index (χ3v) is 5.60. The molecule has 0 radical (unpaired) electrons. The first kappa shape index (κ1) is 24.0. The van der Waals surface area contributed by atoms with Gasteiger partial charge in [-0.15, -0.1) is 0 Å². The van der Waals surface area contributed by atoms with Crippen molar-refractivity contribution in [1.82, 2.24) is 9.47 Å². The largest absolute Gasteiger partial charge is 0.503 e. The number of aromatic nitrogens is 1. The Balaban J connectivity index is 2.09. The number of carboxylic acid groups (broad SMARTS) is 1. The fourth-order valence-electron chi connectivity index (χ4n) is 3.79. The van der Waals surface area contributed by atoms with Crippen LogP contribution in [0, 0.1) is 13.8 Å². The van der Waals surface area contributed by atoms with Gasteiger partial charge in [0.05, 0.1) is 13.1 Å². The summed E-state index contributed by atoms with van der Waals surface area (Å²) in [5, 5.41) is 22.5. The van der Waals surface area contributed by atoms with E-state index in [1.165, 1.54) is 14.2 Å². The molecule has 1 unspecified atom stereocenters. The van der Waals surface area contributed by atoms with Gasteiger partial charge in [-0.05, 0) is 25.0 Å². The van der Waals surface area contributed by atoms with Gasteiger partial charge in [-0.3, -0.25) is 14.4 Å². The lowest BCUT2D eigenvalue weighted by molar-refractivity contribution is -0.130. The molecule has 1 aliphatic heterocycles. The van der Waals surface area contributed by atoms with Gasteiger partial charge in [0.1, 0.15) is 11.6 Å². The van der Waals surface area contributed by atoms with Gasteiger partial charge in [-0.25, -0.2) is 4.79 Å². The van der Waals surface area contributed by atoms with Crippen LogP contribution in [-0.4, -0.2) is 70.6 Å². The number of pyridine rings is 1. The van der Waals surface area contributed by atoms with Gasteiger partial charge in [0.25, 0.3) is 5.91 Å². The number of fused-ring (bicyclic) bond motifs is 1. The van der Waals surface area contributed by atoms with Gasteiger partial charge in [-0.1, -0.05) is 18.2 Å². The number of carbonyl (C=O) groups is 3. The number of aromatic hydroxyl groups is 1. The van der Waals surface area contributed by atoms with Crippen LogP contribution in [-0.2, 0) is 20.8 Å². The zero-order chi connectivity index (χ0) is 24.4. The normalized spacial score (nSPS) is 15.5. The minimum atomic E-state index is -1.56. The minimum Gasteiger partial charge on any atom is -0.503 e. The van der Waals surface area contributed by atoms with Crippen molar-refractivity contribution in [2.75, 3.05) is 26.1 Å². The molecule has 1 aromatic heterocycles. The van der Waals surface area contributed by atoms with Crippen LogP contribution in [0.2, 0.25) is 0 Å². The molecule has 2 heterocycles. The number of amides is 2. The summed E-state index contributed by atoms with van der Waals surface area (Å²) in [5.41, 5.74) is -0.0810. The molecule has 2 aromatic rings. The Morgan fingerprint density at radius 2 is 1.79 bits per heavy atom. The van der Waals surface area contributed by atoms with Crippen LogP contribution in [0.1, 0.15) is 32.0 Å². The monoisotopic (exact) mass is 459 g/mol. The maximum Gasteiger partial charge on any atom is 0.341 e. The molecule has 1 aliphatic rings. The summed E-state index contributed by atoms with van der Waals surface area (Å²) in [4.78, 5) is 51.5. The summed E-state index contributed by atoms with van der Waals surface area (Å²) in [6.07, 6.45) is 0.0708. The van der Waals surface area contributed by atoms with Gasteiger partial charge >= 0.3 is 5.97 Å². The van der Waals surface area contributed by atoms with E-state index in [2.05, 4.69) is 5.32 Å². The van der Waals surface area contributed by atoms with Crippen LogP contribution in [0.5, 0.6) is 5.75 Å². The highest BCUT2D eigenvalue weighted by Crippen LogP contribution is 2.26. The van der Waals surface area contributed by atoms with Crippen LogP contribution in [0.4, 0.5) is 5.69 Å². The number of ether oxygens (including phenoxy) is 2. The van der Waals surface area contributed by atoms with E-state index >= 15 is 0 Å². The number of hydrogen-bond acceptors (Lipinski definition) is 7. The van der Waals surface area contributed by atoms with E-state index in [9.17, 15) is 29.4 Å². The molecule has 2 amide bonds. The zero-order valence-electron chi connectivity index (χ0n) is 18.6. The molecule has 0 saturated heterocycles. The van der Waals surface area contributed by atoms with Gasteiger partial charge in [0.2, 0.25) is 11.3 Å². The predicted molar refractivity (Wildman–Crippen MR) is 117 cm³/mol. The van der Waals surface area contributed by atoms with E-state index < -0.39 is 52.6 Å². The Bertz CT molecular complexity index is 1150. The number of benzene rings is 1. The molecule has 33 heavy (non-hydrogen) atoms. The molecule has 1 aromatic carbocycles. The van der Waals surface area contributed by atoms with Crippen LogP contribution in [0.3, 0.4) is 0 Å².